The van der Waals surface area contributed by atoms with Crippen LogP contribution in [-0.2, 0) is 5.41 Å². The summed E-state index contributed by atoms with van der Waals surface area (Å²) in [5.41, 5.74) is 6.87. The smallest absolute Gasteiger partial charge is 0.203 e. The van der Waals surface area contributed by atoms with E-state index in [1.54, 1.807) is 6.07 Å². The normalized spacial score (nSPS) is 16.6. The van der Waals surface area contributed by atoms with Gasteiger partial charge in [0.2, 0.25) is 5.75 Å². The van der Waals surface area contributed by atoms with Gasteiger partial charge in [-0.3, -0.25) is 0 Å². The predicted molar refractivity (Wildman–Crippen MR) is 65.8 cm³/mol. The van der Waals surface area contributed by atoms with Gasteiger partial charge in [-0.1, -0.05) is 0 Å². The van der Waals surface area contributed by atoms with Crippen molar-refractivity contribution in [2.24, 2.45) is 5.73 Å². The van der Waals surface area contributed by atoms with Crippen LogP contribution < -0.4 is 15.2 Å². The maximum Gasteiger partial charge on any atom is 0.203 e. The Labute approximate surface area is 101 Å². The quantitative estimate of drug-likeness (QED) is 0.819. The molecule has 1 aromatic rings. The van der Waals surface area contributed by atoms with Crippen molar-refractivity contribution in [3.63, 3.8) is 0 Å². The van der Waals surface area contributed by atoms with E-state index in [2.05, 4.69) is 0 Å². The molecule has 1 aliphatic carbocycles. The van der Waals surface area contributed by atoms with Crippen molar-refractivity contribution in [2.45, 2.75) is 25.2 Å². The van der Waals surface area contributed by atoms with Crippen LogP contribution in [0.1, 0.15) is 25.3 Å². The molecule has 4 heteroatoms. The molecule has 0 radical (unpaired) electrons. The van der Waals surface area contributed by atoms with Crippen LogP contribution >= 0.6 is 0 Å². The van der Waals surface area contributed by atoms with Crippen molar-refractivity contribution in [1.82, 2.24) is 0 Å². The van der Waals surface area contributed by atoms with Gasteiger partial charge in [0.05, 0.1) is 13.7 Å². The van der Waals surface area contributed by atoms with E-state index in [0.29, 0.717) is 24.7 Å². The fraction of sp³-hybridized carbons (Fsp3) is 0.538. The molecule has 4 nitrogen and oxygen atoms in total. The van der Waals surface area contributed by atoms with Crippen LogP contribution in [0.2, 0.25) is 0 Å². The van der Waals surface area contributed by atoms with E-state index >= 15 is 0 Å². The highest BCUT2D eigenvalue weighted by atomic mass is 16.5. The molecular weight excluding hydrogens is 218 g/mol. The van der Waals surface area contributed by atoms with Crippen LogP contribution in [-0.4, -0.2) is 25.4 Å². The number of benzene rings is 1. The summed E-state index contributed by atoms with van der Waals surface area (Å²) in [5.74, 6) is 1.10. The minimum absolute atomic E-state index is 0.0373. The molecule has 0 saturated heterocycles. The molecular formula is C13H19NO3. The number of rotatable bonds is 5. The Morgan fingerprint density at radius 2 is 2.12 bits per heavy atom. The van der Waals surface area contributed by atoms with Crippen LogP contribution in [0.5, 0.6) is 17.2 Å². The predicted octanol–water partition coefficient (Wildman–Crippen LogP) is 1.79. The summed E-state index contributed by atoms with van der Waals surface area (Å²) in [6, 6.07) is 3.67. The van der Waals surface area contributed by atoms with Crippen LogP contribution in [0.4, 0.5) is 0 Å². The third-order valence-corrected chi connectivity index (χ3v) is 3.40. The number of hydrogen-bond donors (Lipinski definition) is 2. The summed E-state index contributed by atoms with van der Waals surface area (Å²) in [6.45, 7) is 3.04. The monoisotopic (exact) mass is 237 g/mol. The molecule has 0 aromatic heterocycles. The summed E-state index contributed by atoms with van der Waals surface area (Å²) in [5, 5.41) is 9.94. The van der Waals surface area contributed by atoms with Crippen LogP contribution in [0, 0.1) is 0 Å². The van der Waals surface area contributed by atoms with E-state index < -0.39 is 0 Å². The first-order valence-corrected chi connectivity index (χ1v) is 5.91. The Balaban J connectivity index is 2.42. The topological polar surface area (TPSA) is 64.7 Å². The molecule has 0 bridgehead atoms. The Bertz CT molecular complexity index is 413. The number of phenolic OH excluding ortho intramolecular Hbond substituents is 1. The highest BCUT2D eigenvalue weighted by Crippen LogP contribution is 2.51. The van der Waals surface area contributed by atoms with Gasteiger partial charge in [0.1, 0.15) is 0 Å². The van der Waals surface area contributed by atoms with Gasteiger partial charge in [-0.2, -0.15) is 0 Å². The summed E-state index contributed by atoms with van der Waals surface area (Å²) in [7, 11) is 1.52. The summed E-state index contributed by atoms with van der Waals surface area (Å²) in [4.78, 5) is 0. The molecule has 0 amide bonds. The molecule has 0 atom stereocenters. The first-order valence-electron chi connectivity index (χ1n) is 5.91. The Hall–Kier alpha value is -1.42. The molecule has 0 unspecified atom stereocenters. The van der Waals surface area contributed by atoms with Gasteiger partial charge in [0.25, 0.3) is 0 Å². The van der Waals surface area contributed by atoms with Crippen molar-refractivity contribution in [3.05, 3.63) is 17.7 Å². The Morgan fingerprint density at radius 1 is 1.41 bits per heavy atom. The van der Waals surface area contributed by atoms with Crippen LogP contribution in [0.25, 0.3) is 0 Å². The number of aromatic hydroxyl groups is 1. The summed E-state index contributed by atoms with van der Waals surface area (Å²) < 4.78 is 10.6. The third kappa shape index (κ3) is 2.05. The van der Waals surface area contributed by atoms with Gasteiger partial charge in [-0.05, 0) is 37.5 Å². The van der Waals surface area contributed by atoms with E-state index in [1.807, 2.05) is 13.0 Å². The Morgan fingerprint density at radius 3 is 2.59 bits per heavy atom. The second-order valence-corrected chi connectivity index (χ2v) is 4.44. The number of nitrogens with two attached hydrogens (primary N) is 1. The minimum atomic E-state index is 0.0373. The molecule has 94 valence electrons. The van der Waals surface area contributed by atoms with E-state index in [1.165, 1.54) is 7.11 Å². The summed E-state index contributed by atoms with van der Waals surface area (Å²) in [6.07, 6.45) is 2.14. The maximum atomic E-state index is 9.94. The second-order valence-electron chi connectivity index (χ2n) is 4.44. The van der Waals surface area contributed by atoms with Crippen LogP contribution in [0.15, 0.2) is 12.1 Å². The molecule has 1 fully saturated rings. The molecule has 0 spiro atoms. The Kier molecular flexibility index (Phi) is 3.15. The fourth-order valence-corrected chi connectivity index (χ4v) is 2.12. The van der Waals surface area contributed by atoms with Crippen molar-refractivity contribution >= 4 is 0 Å². The highest BCUT2D eigenvalue weighted by molar-refractivity contribution is 5.55. The minimum Gasteiger partial charge on any atom is -0.504 e. The lowest BCUT2D eigenvalue weighted by Gasteiger charge is -2.17. The maximum absolute atomic E-state index is 9.94. The zero-order valence-electron chi connectivity index (χ0n) is 10.3. The molecule has 0 aliphatic heterocycles. The SMILES string of the molecule is CCOc1cc(C2(CN)CC2)cc(O)c1OC. The molecule has 17 heavy (non-hydrogen) atoms. The first kappa shape index (κ1) is 12.0. The van der Waals surface area contributed by atoms with Gasteiger partial charge >= 0.3 is 0 Å². The lowest BCUT2D eigenvalue weighted by atomic mass is 9.95. The van der Waals surface area contributed by atoms with E-state index in [0.717, 1.165) is 18.4 Å². The lowest BCUT2D eigenvalue weighted by molar-refractivity contribution is 0.299. The van der Waals surface area contributed by atoms with Crippen molar-refractivity contribution in [1.29, 1.82) is 0 Å². The first-order chi connectivity index (χ1) is 8.16. The molecule has 1 aromatic carbocycles. The van der Waals surface area contributed by atoms with E-state index in [4.69, 9.17) is 15.2 Å². The number of ether oxygens (including phenoxy) is 2. The zero-order chi connectivity index (χ0) is 12.5. The van der Waals surface area contributed by atoms with Gasteiger partial charge in [-0.25, -0.2) is 0 Å². The van der Waals surface area contributed by atoms with Crippen molar-refractivity contribution in [2.75, 3.05) is 20.3 Å². The van der Waals surface area contributed by atoms with Gasteiger partial charge < -0.3 is 20.3 Å². The number of phenols is 1. The van der Waals surface area contributed by atoms with Crippen LogP contribution in [0.3, 0.4) is 0 Å². The molecule has 2 rings (SSSR count). The molecule has 1 aliphatic rings. The largest absolute Gasteiger partial charge is 0.504 e. The van der Waals surface area contributed by atoms with E-state index in [9.17, 15) is 5.11 Å². The molecule has 0 heterocycles. The van der Waals surface area contributed by atoms with Gasteiger partial charge in [0, 0.05) is 12.0 Å². The van der Waals surface area contributed by atoms with E-state index in [-0.39, 0.29) is 11.2 Å². The van der Waals surface area contributed by atoms with Gasteiger partial charge in [-0.15, -0.1) is 0 Å². The number of methoxy groups -OCH3 is 1. The standard InChI is InChI=1S/C13H19NO3/c1-3-17-11-7-9(13(8-14)4-5-13)6-10(15)12(11)16-2/h6-7,15H,3-5,8,14H2,1-2H3. The number of hydrogen-bond acceptors (Lipinski definition) is 4. The third-order valence-electron chi connectivity index (χ3n) is 3.40. The highest BCUT2D eigenvalue weighted by Gasteiger charge is 2.43. The second kappa shape index (κ2) is 4.45. The summed E-state index contributed by atoms with van der Waals surface area (Å²) >= 11 is 0. The average molecular weight is 237 g/mol. The molecule has 1 saturated carbocycles. The van der Waals surface area contributed by atoms with Crippen molar-refractivity contribution < 1.29 is 14.6 Å². The zero-order valence-corrected chi connectivity index (χ0v) is 10.3. The lowest BCUT2D eigenvalue weighted by Crippen LogP contribution is -2.19. The van der Waals surface area contributed by atoms with Crippen molar-refractivity contribution in [3.8, 4) is 17.2 Å². The fourth-order valence-electron chi connectivity index (χ4n) is 2.12. The van der Waals surface area contributed by atoms with Gasteiger partial charge in [0.15, 0.2) is 11.5 Å². The average Bonchev–Trinajstić information content (AvgIpc) is 3.10. The molecule has 3 N–H and O–H groups in total.